The highest BCUT2D eigenvalue weighted by Crippen LogP contribution is 2.18. The summed E-state index contributed by atoms with van der Waals surface area (Å²) in [5.74, 6) is 0.0257. The molecule has 18 heavy (non-hydrogen) atoms. The van der Waals surface area contributed by atoms with Gasteiger partial charge >= 0.3 is 0 Å². The summed E-state index contributed by atoms with van der Waals surface area (Å²) in [6, 6.07) is 6.28. The zero-order chi connectivity index (χ0) is 13.7. The third kappa shape index (κ3) is 4.15. The van der Waals surface area contributed by atoms with Crippen LogP contribution in [0, 0.1) is 13.8 Å². The van der Waals surface area contributed by atoms with Gasteiger partial charge < -0.3 is 11.1 Å². The molecule has 100 valence electrons. The molecule has 0 saturated carbocycles. The fourth-order valence-electron chi connectivity index (χ4n) is 1.99. The van der Waals surface area contributed by atoms with Crippen molar-refractivity contribution in [2.75, 3.05) is 0 Å². The summed E-state index contributed by atoms with van der Waals surface area (Å²) in [4.78, 5) is 11.8. The summed E-state index contributed by atoms with van der Waals surface area (Å²) in [6.45, 7) is 8.13. The fourth-order valence-corrected chi connectivity index (χ4v) is 1.99. The van der Waals surface area contributed by atoms with Crippen molar-refractivity contribution in [2.24, 2.45) is 5.73 Å². The number of benzene rings is 1. The van der Waals surface area contributed by atoms with Gasteiger partial charge in [0.1, 0.15) is 0 Å². The molecule has 2 atom stereocenters. The molecule has 0 aromatic heterocycles. The van der Waals surface area contributed by atoms with Gasteiger partial charge in [0.2, 0.25) is 5.91 Å². The van der Waals surface area contributed by atoms with Gasteiger partial charge in [0.05, 0.1) is 6.04 Å². The van der Waals surface area contributed by atoms with Crippen molar-refractivity contribution in [3.63, 3.8) is 0 Å². The number of carbonyl (C=O) groups excluding carboxylic acids is 1. The van der Waals surface area contributed by atoms with Crippen molar-refractivity contribution in [1.29, 1.82) is 0 Å². The van der Waals surface area contributed by atoms with Gasteiger partial charge in [-0.05, 0) is 38.3 Å². The zero-order valence-electron chi connectivity index (χ0n) is 11.8. The quantitative estimate of drug-likeness (QED) is 0.841. The third-order valence-corrected chi connectivity index (χ3v) is 3.25. The largest absolute Gasteiger partial charge is 0.350 e. The highest BCUT2D eigenvalue weighted by molar-refractivity contribution is 5.77. The fraction of sp³-hybridized carbons (Fsp3) is 0.533. The minimum absolute atomic E-state index is 0.0257. The predicted molar refractivity (Wildman–Crippen MR) is 75.4 cm³/mol. The van der Waals surface area contributed by atoms with Gasteiger partial charge in [0.25, 0.3) is 0 Å². The monoisotopic (exact) mass is 248 g/mol. The highest BCUT2D eigenvalue weighted by Gasteiger charge is 2.13. The first-order valence-corrected chi connectivity index (χ1v) is 6.56. The van der Waals surface area contributed by atoms with Crippen LogP contribution in [-0.2, 0) is 4.79 Å². The molecule has 3 N–H and O–H groups in total. The predicted octanol–water partition coefficient (Wildman–Crippen LogP) is 2.61. The Hall–Kier alpha value is -1.35. The van der Waals surface area contributed by atoms with Crippen LogP contribution in [0.5, 0.6) is 0 Å². The molecule has 3 nitrogen and oxygen atoms in total. The van der Waals surface area contributed by atoms with Gasteiger partial charge in [0.15, 0.2) is 0 Å². The minimum atomic E-state index is -0.0455. The first-order chi connectivity index (χ1) is 8.43. The molecule has 0 heterocycles. The minimum Gasteiger partial charge on any atom is -0.350 e. The second-order valence-corrected chi connectivity index (χ2v) is 5.02. The summed E-state index contributed by atoms with van der Waals surface area (Å²) >= 11 is 0. The van der Waals surface area contributed by atoms with Gasteiger partial charge in [-0.25, -0.2) is 0 Å². The summed E-state index contributed by atoms with van der Waals surface area (Å²) in [6.07, 6.45) is 1.22. The third-order valence-electron chi connectivity index (χ3n) is 3.25. The lowest BCUT2D eigenvalue weighted by molar-refractivity contribution is -0.122. The summed E-state index contributed by atoms with van der Waals surface area (Å²) < 4.78 is 0. The number of rotatable bonds is 5. The van der Waals surface area contributed by atoms with Crippen LogP contribution in [0.3, 0.4) is 0 Å². The van der Waals surface area contributed by atoms with Crippen LogP contribution in [0.4, 0.5) is 0 Å². The normalized spacial score (nSPS) is 14.1. The van der Waals surface area contributed by atoms with Crippen LogP contribution in [0.25, 0.3) is 0 Å². The van der Waals surface area contributed by atoms with Gasteiger partial charge in [-0.2, -0.15) is 0 Å². The number of nitrogens with two attached hydrogens (primary N) is 1. The van der Waals surface area contributed by atoms with Gasteiger partial charge in [-0.3, -0.25) is 4.79 Å². The van der Waals surface area contributed by atoms with Crippen molar-refractivity contribution in [2.45, 2.75) is 52.6 Å². The van der Waals surface area contributed by atoms with E-state index in [1.54, 1.807) is 0 Å². The zero-order valence-corrected chi connectivity index (χ0v) is 11.8. The van der Waals surface area contributed by atoms with Crippen molar-refractivity contribution in [1.82, 2.24) is 5.32 Å². The summed E-state index contributed by atoms with van der Waals surface area (Å²) in [7, 11) is 0. The Bertz CT molecular complexity index is 415. The number of hydrogen-bond acceptors (Lipinski definition) is 2. The van der Waals surface area contributed by atoms with E-state index in [-0.39, 0.29) is 18.0 Å². The molecule has 1 rings (SSSR count). The lowest BCUT2D eigenvalue weighted by atomic mass is 9.99. The van der Waals surface area contributed by atoms with Crippen LogP contribution in [0.15, 0.2) is 18.2 Å². The Balaban J connectivity index is 2.67. The molecular formula is C15H24N2O. The molecule has 0 radical (unpaired) electrons. The van der Waals surface area contributed by atoms with Crippen molar-refractivity contribution in [3.8, 4) is 0 Å². The van der Waals surface area contributed by atoms with Crippen LogP contribution in [0.2, 0.25) is 0 Å². The maximum atomic E-state index is 11.8. The smallest absolute Gasteiger partial charge is 0.222 e. The second-order valence-electron chi connectivity index (χ2n) is 5.02. The molecule has 0 spiro atoms. The van der Waals surface area contributed by atoms with Crippen LogP contribution in [0.1, 0.15) is 49.4 Å². The van der Waals surface area contributed by atoms with E-state index in [2.05, 4.69) is 37.4 Å². The number of amides is 1. The van der Waals surface area contributed by atoms with Crippen molar-refractivity contribution in [3.05, 3.63) is 34.9 Å². The summed E-state index contributed by atoms with van der Waals surface area (Å²) in [5, 5.41) is 3.01. The molecular weight excluding hydrogens is 224 g/mol. The first-order valence-electron chi connectivity index (χ1n) is 6.56. The summed E-state index contributed by atoms with van der Waals surface area (Å²) in [5.41, 5.74) is 9.37. The number of aryl methyl sites for hydroxylation is 2. The molecule has 0 aliphatic rings. The molecule has 0 saturated heterocycles. The maximum absolute atomic E-state index is 11.8. The Morgan fingerprint density at radius 2 is 2.06 bits per heavy atom. The molecule has 3 heteroatoms. The molecule has 0 aliphatic heterocycles. The molecule has 0 aliphatic carbocycles. The van der Waals surface area contributed by atoms with Crippen LogP contribution in [-0.4, -0.2) is 11.9 Å². The van der Waals surface area contributed by atoms with Gasteiger partial charge in [-0.15, -0.1) is 0 Å². The van der Waals surface area contributed by atoms with E-state index in [1.807, 2.05) is 13.8 Å². The van der Waals surface area contributed by atoms with Crippen molar-refractivity contribution < 1.29 is 4.79 Å². The maximum Gasteiger partial charge on any atom is 0.222 e. The topological polar surface area (TPSA) is 55.1 Å². The van der Waals surface area contributed by atoms with E-state index in [9.17, 15) is 4.79 Å². The molecule has 1 aromatic rings. The standard InChI is InChI=1S/C15H24N2O/c1-5-13(16)9-15(18)17-12(4)14-8-10(2)6-7-11(14)3/h6-8,12-13H,5,9,16H2,1-4H3,(H,17,18). The number of hydrogen-bond donors (Lipinski definition) is 2. The average Bonchev–Trinajstić information content (AvgIpc) is 2.31. The molecule has 0 fully saturated rings. The van der Waals surface area contributed by atoms with E-state index in [0.29, 0.717) is 6.42 Å². The Morgan fingerprint density at radius 1 is 1.39 bits per heavy atom. The lowest BCUT2D eigenvalue weighted by Crippen LogP contribution is -2.33. The number of carbonyl (C=O) groups is 1. The Labute approximate surface area is 110 Å². The van der Waals surface area contributed by atoms with E-state index in [0.717, 1.165) is 6.42 Å². The SMILES string of the molecule is CCC(N)CC(=O)NC(C)c1cc(C)ccc1C. The van der Waals surface area contributed by atoms with E-state index in [4.69, 9.17) is 5.73 Å². The van der Waals surface area contributed by atoms with Crippen molar-refractivity contribution >= 4 is 5.91 Å². The van der Waals surface area contributed by atoms with E-state index < -0.39 is 0 Å². The second kappa shape index (κ2) is 6.55. The lowest BCUT2D eigenvalue weighted by Gasteiger charge is -2.18. The first kappa shape index (κ1) is 14.7. The van der Waals surface area contributed by atoms with Gasteiger partial charge in [0, 0.05) is 12.5 Å². The number of nitrogens with one attached hydrogen (secondary N) is 1. The Kier molecular flexibility index (Phi) is 5.35. The molecule has 2 unspecified atom stereocenters. The van der Waals surface area contributed by atoms with Gasteiger partial charge in [-0.1, -0.05) is 30.7 Å². The van der Waals surface area contributed by atoms with Crippen LogP contribution >= 0.6 is 0 Å². The van der Waals surface area contributed by atoms with E-state index in [1.165, 1.54) is 16.7 Å². The van der Waals surface area contributed by atoms with Crippen LogP contribution < -0.4 is 11.1 Å². The molecule has 1 amide bonds. The Morgan fingerprint density at radius 3 is 2.67 bits per heavy atom. The highest BCUT2D eigenvalue weighted by atomic mass is 16.1. The molecule has 1 aromatic carbocycles. The van der Waals surface area contributed by atoms with E-state index >= 15 is 0 Å². The molecule has 0 bridgehead atoms. The average molecular weight is 248 g/mol.